The number of nitrogens with zero attached hydrogens (tertiary/aromatic N) is 1. The van der Waals surface area contributed by atoms with Crippen molar-refractivity contribution >= 4 is 10.9 Å². The van der Waals surface area contributed by atoms with E-state index < -0.39 is 12.3 Å². The largest absolute Gasteiger partial charge is 0.393 e. The van der Waals surface area contributed by atoms with Crippen LogP contribution in [0.15, 0.2) is 36.5 Å². The van der Waals surface area contributed by atoms with Gasteiger partial charge in [0.1, 0.15) is 6.23 Å². The summed E-state index contributed by atoms with van der Waals surface area (Å²) in [6.45, 7) is 1.68. The number of aliphatic hydroxyl groups is 2. The number of benzene rings is 1. The maximum atomic E-state index is 9.88. The van der Waals surface area contributed by atoms with Gasteiger partial charge in [-0.15, -0.1) is 0 Å². The predicted octanol–water partition coefficient (Wildman–Crippen LogP) is 1.90. The lowest BCUT2D eigenvalue weighted by atomic mass is 10.2. The second kappa shape index (κ2) is 4.04. The highest BCUT2D eigenvalue weighted by molar-refractivity contribution is 5.79. The number of hydrogen-bond acceptors (Lipinski definition) is 2. The lowest BCUT2D eigenvalue weighted by molar-refractivity contribution is 0.0467. The second-order valence-corrected chi connectivity index (χ2v) is 3.85. The van der Waals surface area contributed by atoms with Crippen molar-refractivity contribution in [2.45, 2.75) is 25.7 Å². The molecule has 15 heavy (non-hydrogen) atoms. The molecule has 0 aliphatic rings. The van der Waals surface area contributed by atoms with E-state index in [0.29, 0.717) is 6.42 Å². The average Bonchev–Trinajstić information content (AvgIpc) is 2.59. The molecule has 2 aromatic rings. The summed E-state index contributed by atoms with van der Waals surface area (Å²) >= 11 is 0. The van der Waals surface area contributed by atoms with Crippen LogP contribution in [-0.2, 0) is 0 Å². The third kappa shape index (κ3) is 2.03. The van der Waals surface area contributed by atoms with Crippen LogP contribution in [0.4, 0.5) is 0 Å². The highest BCUT2D eigenvalue weighted by Crippen LogP contribution is 2.21. The molecule has 80 valence electrons. The van der Waals surface area contributed by atoms with Crippen LogP contribution in [0, 0.1) is 0 Å². The zero-order valence-electron chi connectivity index (χ0n) is 8.67. The molecule has 1 heterocycles. The second-order valence-electron chi connectivity index (χ2n) is 3.85. The van der Waals surface area contributed by atoms with E-state index in [0.717, 1.165) is 10.9 Å². The molecule has 0 saturated heterocycles. The van der Waals surface area contributed by atoms with Gasteiger partial charge in [0.25, 0.3) is 0 Å². The SMILES string of the molecule is CC(O)CC(O)n1ccc2ccccc21. The molecule has 3 nitrogen and oxygen atoms in total. The Kier molecular flexibility index (Phi) is 2.75. The van der Waals surface area contributed by atoms with Crippen molar-refractivity contribution in [1.82, 2.24) is 4.57 Å². The van der Waals surface area contributed by atoms with E-state index in [1.807, 2.05) is 36.5 Å². The highest BCUT2D eigenvalue weighted by Gasteiger charge is 2.11. The van der Waals surface area contributed by atoms with Gasteiger partial charge in [0.05, 0.1) is 11.6 Å². The van der Waals surface area contributed by atoms with Gasteiger partial charge in [0.2, 0.25) is 0 Å². The molecule has 0 fully saturated rings. The van der Waals surface area contributed by atoms with Crippen molar-refractivity contribution in [3.63, 3.8) is 0 Å². The lowest BCUT2D eigenvalue weighted by Gasteiger charge is -2.15. The number of aromatic nitrogens is 1. The van der Waals surface area contributed by atoms with Gasteiger partial charge < -0.3 is 14.8 Å². The molecule has 0 spiro atoms. The summed E-state index contributed by atoms with van der Waals surface area (Å²) in [7, 11) is 0. The van der Waals surface area contributed by atoms with Crippen LogP contribution < -0.4 is 0 Å². The van der Waals surface area contributed by atoms with E-state index in [-0.39, 0.29) is 0 Å². The highest BCUT2D eigenvalue weighted by atomic mass is 16.3. The van der Waals surface area contributed by atoms with Crippen LogP contribution in [0.3, 0.4) is 0 Å². The van der Waals surface area contributed by atoms with Crippen molar-refractivity contribution in [3.8, 4) is 0 Å². The third-order valence-electron chi connectivity index (χ3n) is 2.50. The molecule has 2 N–H and O–H groups in total. The number of para-hydroxylation sites is 1. The van der Waals surface area contributed by atoms with Crippen LogP contribution in [0.5, 0.6) is 0 Å². The van der Waals surface area contributed by atoms with Gasteiger partial charge in [-0.05, 0) is 24.4 Å². The predicted molar refractivity (Wildman–Crippen MR) is 59.5 cm³/mol. The van der Waals surface area contributed by atoms with Crippen LogP contribution in [0.2, 0.25) is 0 Å². The average molecular weight is 205 g/mol. The Morgan fingerprint density at radius 1 is 1.20 bits per heavy atom. The van der Waals surface area contributed by atoms with E-state index in [9.17, 15) is 10.2 Å². The van der Waals surface area contributed by atoms with Gasteiger partial charge in [-0.2, -0.15) is 0 Å². The maximum absolute atomic E-state index is 9.88. The van der Waals surface area contributed by atoms with E-state index in [1.165, 1.54) is 0 Å². The zero-order valence-corrected chi connectivity index (χ0v) is 8.67. The third-order valence-corrected chi connectivity index (χ3v) is 2.50. The van der Waals surface area contributed by atoms with Crippen molar-refractivity contribution < 1.29 is 10.2 Å². The van der Waals surface area contributed by atoms with Crippen molar-refractivity contribution in [2.75, 3.05) is 0 Å². The summed E-state index contributed by atoms with van der Waals surface area (Å²) in [5, 5.41) is 20.2. The van der Waals surface area contributed by atoms with Crippen LogP contribution in [0.25, 0.3) is 10.9 Å². The Labute approximate surface area is 88.6 Å². The molecule has 0 aliphatic heterocycles. The summed E-state index contributed by atoms with van der Waals surface area (Å²) in [4.78, 5) is 0. The molecule has 0 amide bonds. The molecule has 2 atom stereocenters. The molecule has 2 rings (SSSR count). The molecule has 0 saturated carbocycles. The van der Waals surface area contributed by atoms with Crippen molar-refractivity contribution in [3.05, 3.63) is 36.5 Å². The quantitative estimate of drug-likeness (QED) is 0.804. The van der Waals surface area contributed by atoms with Crippen LogP contribution >= 0.6 is 0 Å². The fraction of sp³-hybridized carbons (Fsp3) is 0.333. The van der Waals surface area contributed by atoms with Crippen molar-refractivity contribution in [2.24, 2.45) is 0 Å². The summed E-state index contributed by atoms with van der Waals surface area (Å²) in [6.07, 6.45) is 1.03. The molecule has 2 unspecified atom stereocenters. The molecule has 0 aliphatic carbocycles. The number of fused-ring (bicyclic) bond motifs is 1. The lowest BCUT2D eigenvalue weighted by Crippen LogP contribution is -2.13. The van der Waals surface area contributed by atoms with Gasteiger partial charge in [-0.25, -0.2) is 0 Å². The topological polar surface area (TPSA) is 45.4 Å². The van der Waals surface area contributed by atoms with E-state index in [2.05, 4.69) is 0 Å². The molecule has 3 heteroatoms. The monoisotopic (exact) mass is 205 g/mol. The van der Waals surface area contributed by atoms with Gasteiger partial charge in [0, 0.05) is 12.6 Å². The first-order valence-corrected chi connectivity index (χ1v) is 5.10. The fourth-order valence-corrected chi connectivity index (χ4v) is 1.78. The molecule has 1 aromatic heterocycles. The fourth-order valence-electron chi connectivity index (χ4n) is 1.78. The Balaban J connectivity index is 2.35. The first-order chi connectivity index (χ1) is 7.18. The van der Waals surface area contributed by atoms with Crippen molar-refractivity contribution in [1.29, 1.82) is 0 Å². The molecule has 0 radical (unpaired) electrons. The molecule has 1 aromatic carbocycles. The van der Waals surface area contributed by atoms with Crippen LogP contribution in [-0.4, -0.2) is 20.9 Å². The van der Waals surface area contributed by atoms with Gasteiger partial charge in [-0.1, -0.05) is 18.2 Å². The smallest absolute Gasteiger partial charge is 0.133 e. The Hall–Kier alpha value is -1.32. The first-order valence-electron chi connectivity index (χ1n) is 5.10. The van der Waals surface area contributed by atoms with Gasteiger partial charge in [0.15, 0.2) is 0 Å². The van der Waals surface area contributed by atoms with E-state index >= 15 is 0 Å². The molecular formula is C12H15NO2. The van der Waals surface area contributed by atoms with Gasteiger partial charge in [-0.3, -0.25) is 0 Å². The minimum Gasteiger partial charge on any atom is -0.393 e. The number of rotatable bonds is 3. The molecular weight excluding hydrogens is 190 g/mol. The Morgan fingerprint density at radius 2 is 1.93 bits per heavy atom. The summed E-state index contributed by atoms with van der Waals surface area (Å²) in [5.74, 6) is 0. The maximum Gasteiger partial charge on any atom is 0.133 e. The summed E-state index contributed by atoms with van der Waals surface area (Å²) in [6, 6.07) is 9.82. The number of aliphatic hydroxyl groups excluding tert-OH is 2. The first kappa shape index (κ1) is 10.2. The Bertz CT molecular complexity index is 448. The van der Waals surface area contributed by atoms with Crippen LogP contribution in [0.1, 0.15) is 19.6 Å². The normalized spacial score (nSPS) is 15.4. The van der Waals surface area contributed by atoms with E-state index in [4.69, 9.17) is 0 Å². The molecule has 0 bridgehead atoms. The van der Waals surface area contributed by atoms with E-state index in [1.54, 1.807) is 11.5 Å². The zero-order chi connectivity index (χ0) is 10.8. The minimum atomic E-state index is -0.662. The minimum absolute atomic E-state index is 0.346. The number of hydrogen-bond donors (Lipinski definition) is 2. The van der Waals surface area contributed by atoms with Gasteiger partial charge >= 0.3 is 0 Å². The Morgan fingerprint density at radius 3 is 2.67 bits per heavy atom. The summed E-state index contributed by atoms with van der Waals surface area (Å²) in [5.41, 5.74) is 0.991. The standard InChI is InChI=1S/C12H15NO2/c1-9(14)8-12(15)13-7-6-10-4-2-3-5-11(10)13/h2-7,9,12,14-15H,8H2,1H3. The summed E-state index contributed by atoms with van der Waals surface area (Å²) < 4.78 is 1.78.